The van der Waals surface area contributed by atoms with Gasteiger partial charge < -0.3 is 0 Å². The molecule has 1 aliphatic heterocycles. The van der Waals surface area contributed by atoms with Gasteiger partial charge in [0.15, 0.2) is 0 Å². The maximum atomic E-state index is 2.37. The zero-order valence-electron chi connectivity index (χ0n) is 18.1. The van der Waals surface area contributed by atoms with Crippen LogP contribution in [-0.2, 0) is 5.41 Å². The third-order valence-corrected chi connectivity index (χ3v) is 8.41. The van der Waals surface area contributed by atoms with Gasteiger partial charge in [-0.2, -0.15) is 0 Å². The number of hydrogen-bond acceptors (Lipinski definition) is 1. The van der Waals surface area contributed by atoms with Crippen molar-refractivity contribution in [1.82, 2.24) is 0 Å². The van der Waals surface area contributed by atoms with E-state index in [-0.39, 0.29) is 5.41 Å². The molecule has 0 fully saturated rings. The van der Waals surface area contributed by atoms with Gasteiger partial charge in [0.25, 0.3) is 0 Å². The van der Waals surface area contributed by atoms with Crippen LogP contribution in [0.4, 0.5) is 0 Å². The van der Waals surface area contributed by atoms with Crippen molar-refractivity contribution in [3.05, 3.63) is 108 Å². The number of benzene rings is 5. The van der Waals surface area contributed by atoms with Crippen LogP contribution in [0, 0.1) is 0 Å². The molecule has 1 heteroatoms. The molecule has 0 bridgehead atoms. The van der Waals surface area contributed by atoms with E-state index in [1.165, 1.54) is 65.1 Å². The van der Waals surface area contributed by atoms with Gasteiger partial charge in [-0.3, -0.25) is 0 Å². The van der Waals surface area contributed by atoms with Gasteiger partial charge in [0.1, 0.15) is 0 Å². The standard InChI is InChI=1S/C31H22S/c1-31(2)26-15-5-3-9-20(26)25-14-8-13-24(30(25)31)19-17-18-28-29-22(19)11-7-12-23(29)21-10-4-6-16-27(21)32-28/h3-18H,1-2H3. The molecule has 0 aromatic heterocycles. The lowest BCUT2D eigenvalue weighted by Crippen LogP contribution is -2.16. The van der Waals surface area contributed by atoms with E-state index < -0.39 is 0 Å². The Bertz CT molecular complexity index is 1570. The molecule has 32 heavy (non-hydrogen) atoms. The summed E-state index contributed by atoms with van der Waals surface area (Å²) in [5.74, 6) is 0. The Morgan fingerprint density at radius 3 is 2.03 bits per heavy atom. The summed E-state index contributed by atoms with van der Waals surface area (Å²) in [7, 11) is 0. The van der Waals surface area contributed by atoms with Crippen LogP contribution < -0.4 is 0 Å². The Morgan fingerprint density at radius 1 is 0.500 bits per heavy atom. The van der Waals surface area contributed by atoms with Crippen LogP contribution in [0.2, 0.25) is 0 Å². The average molecular weight is 427 g/mol. The van der Waals surface area contributed by atoms with E-state index in [4.69, 9.17) is 0 Å². The lowest BCUT2D eigenvalue weighted by molar-refractivity contribution is 0.662. The maximum absolute atomic E-state index is 2.37. The zero-order valence-corrected chi connectivity index (χ0v) is 19.0. The summed E-state index contributed by atoms with van der Waals surface area (Å²) in [4.78, 5) is 2.70. The van der Waals surface area contributed by atoms with Crippen molar-refractivity contribution < 1.29 is 0 Å². The summed E-state index contributed by atoms with van der Waals surface area (Å²) in [6.45, 7) is 4.75. The lowest BCUT2D eigenvalue weighted by Gasteiger charge is -2.26. The molecule has 0 saturated carbocycles. The second-order valence-electron chi connectivity index (χ2n) is 9.34. The number of rotatable bonds is 1. The first-order chi connectivity index (χ1) is 15.6. The van der Waals surface area contributed by atoms with E-state index in [1.54, 1.807) is 0 Å². The van der Waals surface area contributed by atoms with Crippen molar-refractivity contribution in [2.45, 2.75) is 29.1 Å². The van der Waals surface area contributed by atoms with Crippen molar-refractivity contribution in [1.29, 1.82) is 0 Å². The minimum atomic E-state index is -0.0243. The van der Waals surface area contributed by atoms with Gasteiger partial charge in [-0.05, 0) is 62.0 Å². The second kappa shape index (κ2) is 6.37. The Morgan fingerprint density at radius 2 is 1.16 bits per heavy atom. The molecule has 1 aliphatic carbocycles. The quantitative estimate of drug-likeness (QED) is 0.253. The molecule has 152 valence electrons. The molecule has 7 rings (SSSR count). The summed E-state index contributed by atoms with van der Waals surface area (Å²) >= 11 is 1.89. The van der Waals surface area contributed by atoms with Crippen LogP contribution in [0.3, 0.4) is 0 Å². The third-order valence-electron chi connectivity index (χ3n) is 7.27. The van der Waals surface area contributed by atoms with E-state index in [1.807, 2.05) is 11.8 Å². The van der Waals surface area contributed by atoms with Crippen molar-refractivity contribution in [3.63, 3.8) is 0 Å². The molecule has 0 radical (unpaired) electrons. The first kappa shape index (κ1) is 18.3. The first-order valence-electron chi connectivity index (χ1n) is 11.2. The van der Waals surface area contributed by atoms with Gasteiger partial charge in [-0.15, -0.1) is 0 Å². The molecular weight excluding hydrogens is 404 g/mol. The molecule has 1 heterocycles. The fourth-order valence-electron chi connectivity index (χ4n) is 5.89. The monoisotopic (exact) mass is 426 g/mol. The Labute approximate surface area is 192 Å². The van der Waals surface area contributed by atoms with Gasteiger partial charge in [0.2, 0.25) is 0 Å². The van der Waals surface area contributed by atoms with Crippen LogP contribution in [0.1, 0.15) is 25.0 Å². The van der Waals surface area contributed by atoms with Crippen LogP contribution in [0.25, 0.3) is 44.2 Å². The van der Waals surface area contributed by atoms with E-state index >= 15 is 0 Å². The van der Waals surface area contributed by atoms with Crippen molar-refractivity contribution in [3.8, 4) is 33.4 Å². The van der Waals surface area contributed by atoms with Crippen molar-refractivity contribution in [2.24, 2.45) is 0 Å². The smallest absolute Gasteiger partial charge is 0.0207 e. The largest absolute Gasteiger partial charge is 0.0888 e. The molecule has 0 unspecified atom stereocenters. The number of fused-ring (bicyclic) bond motifs is 5. The van der Waals surface area contributed by atoms with Gasteiger partial charge in [-0.25, -0.2) is 0 Å². The predicted molar refractivity (Wildman–Crippen MR) is 137 cm³/mol. The summed E-state index contributed by atoms with van der Waals surface area (Å²) < 4.78 is 0. The fourth-order valence-corrected chi connectivity index (χ4v) is 7.02. The third kappa shape index (κ3) is 2.29. The molecule has 5 aromatic carbocycles. The van der Waals surface area contributed by atoms with Gasteiger partial charge in [0, 0.05) is 20.6 Å². The molecule has 0 spiro atoms. The van der Waals surface area contributed by atoms with Crippen LogP contribution in [-0.4, -0.2) is 0 Å². The van der Waals surface area contributed by atoms with Crippen LogP contribution in [0.5, 0.6) is 0 Å². The molecule has 2 aliphatic rings. The molecule has 0 amide bonds. The second-order valence-corrected chi connectivity index (χ2v) is 10.4. The van der Waals surface area contributed by atoms with E-state index in [0.29, 0.717) is 0 Å². The van der Waals surface area contributed by atoms with Crippen molar-refractivity contribution in [2.75, 3.05) is 0 Å². The number of hydrogen-bond donors (Lipinski definition) is 0. The normalized spacial score (nSPS) is 14.7. The molecule has 0 saturated heterocycles. The Hall–Kier alpha value is -3.29. The minimum Gasteiger partial charge on any atom is -0.0888 e. The molecule has 5 aromatic rings. The van der Waals surface area contributed by atoms with Crippen LogP contribution in [0.15, 0.2) is 107 Å². The van der Waals surface area contributed by atoms with Gasteiger partial charge in [-0.1, -0.05) is 111 Å². The highest BCUT2D eigenvalue weighted by molar-refractivity contribution is 7.99. The van der Waals surface area contributed by atoms with E-state index in [0.717, 1.165) is 0 Å². The molecular formula is C31H22S. The molecule has 0 atom stereocenters. The SMILES string of the molecule is CC1(C)c2ccccc2-c2cccc(-c3ccc4c5c(cccc35)-c3ccccc3S4)c21. The Kier molecular flexibility index (Phi) is 3.64. The highest BCUT2D eigenvalue weighted by Gasteiger charge is 2.37. The van der Waals surface area contributed by atoms with Crippen LogP contribution >= 0.6 is 11.8 Å². The van der Waals surface area contributed by atoms with Gasteiger partial charge in [0.05, 0.1) is 0 Å². The summed E-state index contributed by atoms with van der Waals surface area (Å²) in [5.41, 5.74) is 11.0. The van der Waals surface area contributed by atoms with Gasteiger partial charge >= 0.3 is 0 Å². The topological polar surface area (TPSA) is 0 Å². The first-order valence-corrected chi connectivity index (χ1v) is 12.0. The molecule has 0 N–H and O–H groups in total. The Balaban J connectivity index is 1.55. The summed E-state index contributed by atoms with van der Waals surface area (Å²) in [6, 6.07) is 36.0. The highest BCUT2D eigenvalue weighted by Crippen LogP contribution is 2.54. The zero-order chi connectivity index (χ0) is 21.4. The van der Waals surface area contributed by atoms with E-state index in [2.05, 4.69) is 111 Å². The van der Waals surface area contributed by atoms with Crippen molar-refractivity contribution >= 4 is 22.5 Å². The fraction of sp³-hybridized carbons (Fsp3) is 0.0968. The lowest BCUT2D eigenvalue weighted by atomic mass is 9.78. The minimum absolute atomic E-state index is 0.0243. The average Bonchev–Trinajstić information content (AvgIpc) is 3.07. The predicted octanol–water partition coefficient (Wildman–Crippen LogP) is 8.94. The van der Waals surface area contributed by atoms with E-state index in [9.17, 15) is 0 Å². The summed E-state index contributed by atoms with van der Waals surface area (Å²) in [6.07, 6.45) is 0. The highest BCUT2D eigenvalue weighted by atomic mass is 32.2. The summed E-state index contributed by atoms with van der Waals surface area (Å²) in [5, 5.41) is 2.74. The molecule has 0 nitrogen and oxygen atoms in total. The maximum Gasteiger partial charge on any atom is 0.0207 e.